The van der Waals surface area contributed by atoms with Gasteiger partial charge in [-0.2, -0.15) is 0 Å². The van der Waals surface area contributed by atoms with Crippen LogP contribution in [0.5, 0.6) is 0 Å². The first-order valence-electron chi connectivity index (χ1n) is 16.4. The van der Waals surface area contributed by atoms with Crippen molar-refractivity contribution in [2.24, 2.45) is 0 Å². The second-order valence-electron chi connectivity index (χ2n) is 12.5. The van der Waals surface area contributed by atoms with Crippen LogP contribution in [0.15, 0.2) is 133 Å². The highest BCUT2D eigenvalue weighted by Gasteiger charge is 2.28. The van der Waals surface area contributed by atoms with E-state index in [1.165, 1.54) is 3.97 Å². The van der Waals surface area contributed by atoms with Crippen LogP contribution in [0.1, 0.15) is 26.3 Å². The Kier molecular flexibility index (Phi) is 7.80. The normalized spacial score (nSPS) is 13.6. The average molecular weight is 680 g/mol. The third kappa shape index (κ3) is 5.53. The number of aromatic nitrogens is 3. The first kappa shape index (κ1) is 31.3. The Balaban J connectivity index is 0.999. The summed E-state index contributed by atoms with van der Waals surface area (Å²) in [5, 5.41) is 1.53. The fourth-order valence-corrected chi connectivity index (χ4v) is 8.01. The lowest BCUT2D eigenvalue weighted by molar-refractivity contribution is 0.0536. The molecule has 10 heteroatoms. The zero-order valence-corrected chi connectivity index (χ0v) is 28.1. The molecule has 1 aliphatic rings. The Morgan fingerprint density at radius 3 is 2.14 bits per heavy atom. The number of para-hydroxylation sites is 1. The summed E-state index contributed by atoms with van der Waals surface area (Å²) in [5.74, 6) is -0.240. The molecule has 50 heavy (non-hydrogen) atoms. The van der Waals surface area contributed by atoms with Gasteiger partial charge in [-0.1, -0.05) is 78.4 Å². The fourth-order valence-electron chi connectivity index (χ4n) is 6.64. The number of H-pyrrole nitrogens is 1. The molecule has 0 unspecified atom stereocenters. The molecular weight excluding hydrogens is 647 g/mol. The highest BCUT2D eigenvalue weighted by molar-refractivity contribution is 7.90. The van der Waals surface area contributed by atoms with Crippen molar-refractivity contribution in [1.82, 2.24) is 23.7 Å². The van der Waals surface area contributed by atoms with E-state index in [1.807, 2.05) is 85.8 Å². The summed E-state index contributed by atoms with van der Waals surface area (Å²) < 4.78 is 28.8. The zero-order chi connectivity index (χ0) is 34.4. The number of carbonyl (C=O) groups excluding carboxylic acids is 2. The monoisotopic (exact) mass is 679 g/mol. The van der Waals surface area contributed by atoms with Gasteiger partial charge in [0.15, 0.2) is 0 Å². The van der Waals surface area contributed by atoms with Gasteiger partial charge in [-0.3, -0.25) is 9.59 Å². The van der Waals surface area contributed by atoms with Gasteiger partial charge in [0.1, 0.15) is 5.65 Å². The Hall–Kier alpha value is -6.00. The number of aryl methyl sites for hydroxylation is 1. The van der Waals surface area contributed by atoms with Gasteiger partial charge in [-0.25, -0.2) is 17.4 Å². The van der Waals surface area contributed by atoms with Gasteiger partial charge in [0.05, 0.1) is 21.7 Å². The predicted molar refractivity (Wildman–Crippen MR) is 194 cm³/mol. The molecule has 7 aromatic rings. The van der Waals surface area contributed by atoms with Gasteiger partial charge in [0.25, 0.3) is 21.8 Å². The molecule has 0 spiro atoms. The second-order valence-corrected chi connectivity index (χ2v) is 14.3. The largest absolute Gasteiger partial charge is 0.345 e. The summed E-state index contributed by atoms with van der Waals surface area (Å²) in [6, 6.07) is 35.2. The molecule has 0 atom stereocenters. The summed E-state index contributed by atoms with van der Waals surface area (Å²) in [4.78, 5) is 39.0. The van der Waals surface area contributed by atoms with Crippen LogP contribution in [-0.2, 0) is 10.0 Å². The minimum Gasteiger partial charge on any atom is -0.345 e. The van der Waals surface area contributed by atoms with Gasteiger partial charge in [-0.05, 0) is 55.0 Å². The summed E-state index contributed by atoms with van der Waals surface area (Å²) >= 11 is 0. The van der Waals surface area contributed by atoms with E-state index < -0.39 is 10.0 Å². The first-order valence-corrected chi connectivity index (χ1v) is 17.9. The molecule has 3 aromatic heterocycles. The van der Waals surface area contributed by atoms with Crippen molar-refractivity contribution in [3.8, 4) is 22.4 Å². The van der Waals surface area contributed by atoms with E-state index in [-0.39, 0.29) is 16.7 Å². The number of fused-ring (bicyclic) bond motifs is 2. The van der Waals surface area contributed by atoms with Gasteiger partial charge in [-0.15, -0.1) is 0 Å². The molecule has 0 bridgehead atoms. The predicted octanol–water partition coefficient (Wildman–Crippen LogP) is 7.00. The maximum absolute atomic E-state index is 13.8. The molecular formula is C40H33N5O4S. The van der Waals surface area contributed by atoms with E-state index in [9.17, 15) is 18.0 Å². The average Bonchev–Trinajstić information content (AvgIpc) is 3.77. The van der Waals surface area contributed by atoms with Crippen LogP contribution in [-0.4, -0.2) is 70.2 Å². The van der Waals surface area contributed by atoms with E-state index in [0.717, 1.165) is 33.2 Å². The van der Waals surface area contributed by atoms with Crippen LogP contribution in [0.4, 0.5) is 0 Å². The number of nitrogens with one attached hydrogen (secondary N) is 1. The van der Waals surface area contributed by atoms with Crippen molar-refractivity contribution in [3.63, 3.8) is 0 Å². The van der Waals surface area contributed by atoms with Gasteiger partial charge >= 0.3 is 0 Å². The Morgan fingerprint density at radius 2 is 1.38 bits per heavy atom. The zero-order valence-electron chi connectivity index (χ0n) is 27.3. The van der Waals surface area contributed by atoms with Crippen LogP contribution in [0.2, 0.25) is 0 Å². The highest BCUT2D eigenvalue weighted by Crippen LogP contribution is 2.34. The molecule has 0 radical (unpaired) electrons. The number of benzene rings is 4. The van der Waals surface area contributed by atoms with Gasteiger partial charge in [0, 0.05) is 66.0 Å². The minimum atomic E-state index is -3.86. The smallest absolute Gasteiger partial charge is 0.268 e. The molecule has 248 valence electrons. The fraction of sp³-hybridized carbons (Fsp3) is 0.125. The lowest BCUT2D eigenvalue weighted by atomic mass is 10.0. The number of hydrogen-bond donors (Lipinski definition) is 1. The molecule has 1 fully saturated rings. The third-order valence-electron chi connectivity index (χ3n) is 9.37. The minimum absolute atomic E-state index is 0.100. The van der Waals surface area contributed by atoms with Crippen LogP contribution < -0.4 is 0 Å². The number of amides is 2. The lowest BCUT2D eigenvalue weighted by Crippen LogP contribution is -2.50. The van der Waals surface area contributed by atoms with Gasteiger partial charge < -0.3 is 14.8 Å². The van der Waals surface area contributed by atoms with Crippen molar-refractivity contribution >= 4 is 43.8 Å². The quantitative estimate of drug-likeness (QED) is 0.204. The summed E-state index contributed by atoms with van der Waals surface area (Å²) in [7, 11) is -3.86. The number of aromatic amines is 1. The standard InChI is InChI=1S/C40H33N5O4S/c1-27-14-16-31(17-15-27)50(48,49)45-26-35(32-12-5-6-13-37(32)45)29-10-7-11-30(24-29)39(46)43-20-22-44(23-21-43)40(47)34-25-41-38-33(34)18-19-36(42-38)28-8-3-2-4-9-28/h2-19,24-26H,20-23H2,1H3,(H,41,42). The molecule has 0 saturated carbocycles. The van der Waals surface area contributed by atoms with Crippen molar-refractivity contribution < 1.29 is 18.0 Å². The van der Waals surface area contributed by atoms with Crippen molar-refractivity contribution in [1.29, 1.82) is 0 Å². The van der Waals surface area contributed by atoms with Crippen LogP contribution in [0, 0.1) is 6.92 Å². The summed E-state index contributed by atoms with van der Waals surface area (Å²) in [6.07, 6.45) is 3.34. The SMILES string of the molecule is Cc1ccc(S(=O)(=O)n2cc(-c3cccc(C(=O)N4CCN(C(=O)c5c[nH]c6nc(-c7ccccc7)ccc56)CC4)c3)c3ccccc32)cc1. The third-order valence-corrected chi connectivity index (χ3v) is 11.1. The molecule has 4 heterocycles. The van der Waals surface area contributed by atoms with Crippen molar-refractivity contribution in [2.75, 3.05) is 26.2 Å². The molecule has 2 amide bonds. The van der Waals surface area contributed by atoms with E-state index >= 15 is 0 Å². The summed E-state index contributed by atoms with van der Waals surface area (Å²) in [6.45, 7) is 3.49. The Labute approximate surface area is 289 Å². The maximum Gasteiger partial charge on any atom is 0.268 e. The van der Waals surface area contributed by atoms with Crippen LogP contribution in [0.3, 0.4) is 0 Å². The molecule has 9 nitrogen and oxygen atoms in total. The highest BCUT2D eigenvalue weighted by atomic mass is 32.2. The van der Waals surface area contributed by atoms with Crippen LogP contribution in [0.25, 0.3) is 44.3 Å². The number of pyridine rings is 1. The Bertz CT molecular complexity index is 2510. The van der Waals surface area contributed by atoms with E-state index in [4.69, 9.17) is 4.98 Å². The van der Waals surface area contributed by atoms with E-state index in [1.54, 1.807) is 58.6 Å². The number of hydrogen-bond acceptors (Lipinski definition) is 5. The summed E-state index contributed by atoms with van der Waals surface area (Å²) in [5.41, 5.74) is 6.52. The Morgan fingerprint density at radius 1 is 0.700 bits per heavy atom. The molecule has 1 saturated heterocycles. The number of carbonyl (C=O) groups is 2. The molecule has 0 aliphatic carbocycles. The number of rotatable bonds is 6. The van der Waals surface area contributed by atoms with Crippen molar-refractivity contribution in [3.05, 3.63) is 144 Å². The molecule has 1 N–H and O–H groups in total. The number of piperazine rings is 1. The van der Waals surface area contributed by atoms with E-state index in [0.29, 0.717) is 54.0 Å². The maximum atomic E-state index is 13.8. The molecule has 4 aromatic carbocycles. The number of nitrogens with zero attached hydrogens (tertiary/aromatic N) is 4. The molecule has 1 aliphatic heterocycles. The van der Waals surface area contributed by atoms with Crippen LogP contribution >= 0.6 is 0 Å². The first-order chi connectivity index (χ1) is 24.3. The van der Waals surface area contributed by atoms with Crippen molar-refractivity contribution in [2.45, 2.75) is 11.8 Å². The molecule has 8 rings (SSSR count). The topological polar surface area (TPSA) is 108 Å². The lowest BCUT2D eigenvalue weighted by Gasteiger charge is -2.34. The van der Waals surface area contributed by atoms with E-state index in [2.05, 4.69) is 4.98 Å². The second kappa shape index (κ2) is 12.5. The van der Waals surface area contributed by atoms with Gasteiger partial charge in [0.2, 0.25) is 0 Å².